The number of imide groups is 1. The Balaban J connectivity index is 1.86. The summed E-state index contributed by atoms with van der Waals surface area (Å²) in [7, 11) is 1.50. The number of aliphatic hydroxyl groups excluding tert-OH is 1. The smallest absolute Gasteiger partial charge is 0.417 e. The van der Waals surface area contributed by atoms with Gasteiger partial charge in [-0.05, 0) is 18.1 Å². The van der Waals surface area contributed by atoms with Gasteiger partial charge in [0.2, 0.25) is 5.91 Å². The van der Waals surface area contributed by atoms with Gasteiger partial charge in [0.05, 0.1) is 25.7 Å². The van der Waals surface area contributed by atoms with E-state index < -0.39 is 30.6 Å². The van der Waals surface area contributed by atoms with Crippen LogP contribution in [0.25, 0.3) is 0 Å². The van der Waals surface area contributed by atoms with E-state index in [-0.39, 0.29) is 6.61 Å². The van der Waals surface area contributed by atoms with Crippen LogP contribution in [0.1, 0.15) is 17.0 Å². The Hall–Kier alpha value is -2.86. The zero-order valence-corrected chi connectivity index (χ0v) is 14.5. The highest BCUT2D eigenvalue weighted by Crippen LogP contribution is 2.30. The average molecular weight is 355 g/mol. The lowest BCUT2D eigenvalue weighted by Gasteiger charge is -2.25. The molecule has 1 fully saturated rings. The van der Waals surface area contributed by atoms with Crippen LogP contribution < -0.4 is 4.74 Å². The van der Waals surface area contributed by atoms with Crippen LogP contribution in [0.15, 0.2) is 54.6 Å². The molecule has 26 heavy (non-hydrogen) atoms. The van der Waals surface area contributed by atoms with E-state index in [9.17, 15) is 14.7 Å². The minimum atomic E-state index is -0.893. The second-order valence-corrected chi connectivity index (χ2v) is 6.11. The number of rotatable bonds is 6. The molecule has 1 N–H and O–H groups in total. The van der Waals surface area contributed by atoms with Crippen molar-refractivity contribution < 1.29 is 24.2 Å². The first kappa shape index (κ1) is 17.9. The van der Waals surface area contributed by atoms with E-state index in [4.69, 9.17) is 9.47 Å². The van der Waals surface area contributed by atoms with Crippen LogP contribution in [0.3, 0.4) is 0 Å². The molecule has 0 radical (unpaired) electrons. The van der Waals surface area contributed by atoms with Crippen LogP contribution >= 0.6 is 0 Å². The SMILES string of the molecule is COc1ccccc1[C@H](CO)C(=O)N1C(=O)OC[C@@H]1Cc1ccccc1. The lowest BCUT2D eigenvalue weighted by atomic mass is 9.96. The van der Waals surface area contributed by atoms with Crippen molar-refractivity contribution in [2.45, 2.75) is 18.4 Å². The van der Waals surface area contributed by atoms with Crippen molar-refractivity contribution in [2.75, 3.05) is 20.3 Å². The van der Waals surface area contributed by atoms with Crippen molar-refractivity contribution in [3.8, 4) is 5.75 Å². The van der Waals surface area contributed by atoms with Crippen LogP contribution in [-0.4, -0.2) is 48.4 Å². The third-order valence-electron chi connectivity index (χ3n) is 4.51. The number of benzene rings is 2. The number of amides is 2. The van der Waals surface area contributed by atoms with E-state index >= 15 is 0 Å². The first-order valence-electron chi connectivity index (χ1n) is 8.43. The highest BCUT2D eigenvalue weighted by Gasteiger charge is 2.41. The monoisotopic (exact) mass is 355 g/mol. The van der Waals surface area contributed by atoms with Crippen molar-refractivity contribution in [3.05, 3.63) is 65.7 Å². The normalized spacial score (nSPS) is 17.7. The van der Waals surface area contributed by atoms with Crippen molar-refractivity contribution in [1.82, 2.24) is 4.90 Å². The van der Waals surface area contributed by atoms with E-state index in [1.54, 1.807) is 24.3 Å². The van der Waals surface area contributed by atoms with Gasteiger partial charge in [0, 0.05) is 5.56 Å². The van der Waals surface area contributed by atoms with Crippen LogP contribution in [0.4, 0.5) is 4.79 Å². The van der Waals surface area contributed by atoms with Gasteiger partial charge in [0.1, 0.15) is 12.4 Å². The molecule has 2 atom stereocenters. The van der Waals surface area contributed by atoms with Crippen LogP contribution in [0.2, 0.25) is 0 Å². The molecule has 2 aromatic carbocycles. The standard InChI is InChI=1S/C20H21NO5/c1-25-18-10-6-5-9-16(18)17(12-22)19(23)21-15(13-26-20(21)24)11-14-7-3-2-4-8-14/h2-10,15,17,22H,11-13H2,1H3/t15-,17-/m0/s1. The molecule has 0 unspecified atom stereocenters. The topological polar surface area (TPSA) is 76.1 Å². The quantitative estimate of drug-likeness (QED) is 0.861. The molecule has 0 saturated carbocycles. The maximum Gasteiger partial charge on any atom is 0.417 e. The number of nitrogens with zero attached hydrogens (tertiary/aromatic N) is 1. The summed E-state index contributed by atoms with van der Waals surface area (Å²) >= 11 is 0. The zero-order valence-electron chi connectivity index (χ0n) is 14.5. The number of hydrogen-bond acceptors (Lipinski definition) is 5. The molecule has 6 heteroatoms. The minimum Gasteiger partial charge on any atom is -0.496 e. The van der Waals surface area contributed by atoms with E-state index in [0.29, 0.717) is 17.7 Å². The first-order valence-corrected chi connectivity index (χ1v) is 8.43. The van der Waals surface area contributed by atoms with Gasteiger partial charge in [-0.2, -0.15) is 0 Å². The van der Waals surface area contributed by atoms with Gasteiger partial charge in [0.25, 0.3) is 0 Å². The maximum atomic E-state index is 13.1. The summed E-state index contributed by atoms with van der Waals surface area (Å²) in [5, 5.41) is 9.84. The molecule has 1 aliphatic heterocycles. The van der Waals surface area contributed by atoms with E-state index in [1.165, 1.54) is 7.11 Å². The Morgan fingerprint density at radius 1 is 1.23 bits per heavy atom. The minimum absolute atomic E-state index is 0.142. The molecule has 1 saturated heterocycles. The Bertz CT molecular complexity index is 777. The lowest BCUT2D eigenvalue weighted by molar-refractivity contribution is -0.131. The van der Waals surface area contributed by atoms with Crippen LogP contribution in [-0.2, 0) is 16.0 Å². The molecule has 0 bridgehead atoms. The Morgan fingerprint density at radius 3 is 2.62 bits per heavy atom. The van der Waals surface area contributed by atoms with Gasteiger partial charge >= 0.3 is 6.09 Å². The van der Waals surface area contributed by atoms with Gasteiger partial charge < -0.3 is 14.6 Å². The molecule has 6 nitrogen and oxygen atoms in total. The van der Waals surface area contributed by atoms with Crippen molar-refractivity contribution in [2.24, 2.45) is 0 Å². The Labute approximate surface area is 152 Å². The number of carbonyl (C=O) groups excluding carboxylic acids is 2. The maximum absolute atomic E-state index is 13.1. The summed E-state index contributed by atoms with van der Waals surface area (Å²) < 4.78 is 10.4. The molecule has 0 aromatic heterocycles. The number of cyclic esters (lactones) is 1. The molecular formula is C20H21NO5. The molecule has 3 rings (SSSR count). The Kier molecular flexibility index (Phi) is 5.53. The molecule has 2 amide bonds. The molecule has 2 aromatic rings. The van der Waals surface area contributed by atoms with E-state index in [0.717, 1.165) is 10.5 Å². The number of hydrogen-bond donors (Lipinski definition) is 1. The number of ether oxygens (including phenoxy) is 2. The van der Waals surface area contributed by atoms with Gasteiger partial charge in [-0.25, -0.2) is 9.69 Å². The van der Waals surface area contributed by atoms with E-state index in [2.05, 4.69) is 0 Å². The number of methoxy groups -OCH3 is 1. The first-order chi connectivity index (χ1) is 12.7. The summed E-state index contributed by atoms with van der Waals surface area (Å²) in [6.45, 7) is -0.287. The fraction of sp³-hybridized carbons (Fsp3) is 0.300. The molecule has 1 heterocycles. The number of aliphatic hydroxyl groups is 1. The Morgan fingerprint density at radius 2 is 1.92 bits per heavy atom. The van der Waals surface area contributed by atoms with Crippen molar-refractivity contribution >= 4 is 12.0 Å². The van der Waals surface area contributed by atoms with Gasteiger partial charge in [-0.15, -0.1) is 0 Å². The highest BCUT2D eigenvalue weighted by atomic mass is 16.6. The van der Waals surface area contributed by atoms with Gasteiger partial charge in [-0.3, -0.25) is 4.79 Å². The molecule has 0 aliphatic carbocycles. The predicted octanol–water partition coefficient (Wildman–Crippen LogP) is 2.36. The summed E-state index contributed by atoms with van der Waals surface area (Å²) in [5.41, 5.74) is 1.55. The summed E-state index contributed by atoms with van der Waals surface area (Å²) in [6.07, 6.45) is -0.174. The summed E-state index contributed by atoms with van der Waals surface area (Å²) in [4.78, 5) is 26.4. The third kappa shape index (κ3) is 3.55. The van der Waals surface area contributed by atoms with Crippen LogP contribution in [0, 0.1) is 0 Å². The lowest BCUT2D eigenvalue weighted by Crippen LogP contribution is -2.43. The van der Waals surface area contributed by atoms with Crippen molar-refractivity contribution in [1.29, 1.82) is 0 Å². The van der Waals surface area contributed by atoms with Gasteiger partial charge in [-0.1, -0.05) is 48.5 Å². The molecule has 1 aliphatic rings. The third-order valence-corrected chi connectivity index (χ3v) is 4.51. The second kappa shape index (κ2) is 8.01. The zero-order chi connectivity index (χ0) is 18.5. The van der Waals surface area contributed by atoms with E-state index in [1.807, 2.05) is 30.3 Å². The largest absolute Gasteiger partial charge is 0.496 e. The number of para-hydroxylation sites is 1. The summed E-state index contributed by atoms with van der Waals surface area (Å²) in [6, 6.07) is 16.2. The molecular weight excluding hydrogens is 334 g/mol. The second-order valence-electron chi connectivity index (χ2n) is 6.11. The predicted molar refractivity (Wildman–Crippen MR) is 94.9 cm³/mol. The molecule has 0 spiro atoms. The number of carbonyl (C=O) groups is 2. The van der Waals surface area contributed by atoms with Crippen molar-refractivity contribution in [3.63, 3.8) is 0 Å². The van der Waals surface area contributed by atoms with Crippen LogP contribution in [0.5, 0.6) is 5.75 Å². The fourth-order valence-electron chi connectivity index (χ4n) is 3.20. The molecule has 136 valence electrons. The fourth-order valence-corrected chi connectivity index (χ4v) is 3.20. The van der Waals surface area contributed by atoms with Gasteiger partial charge in [0.15, 0.2) is 0 Å². The highest BCUT2D eigenvalue weighted by molar-refractivity contribution is 5.97. The average Bonchev–Trinajstić information content (AvgIpc) is 3.03. The summed E-state index contributed by atoms with van der Waals surface area (Å²) in [5.74, 6) is -0.887.